The van der Waals surface area contributed by atoms with Crippen LogP contribution in [0.3, 0.4) is 0 Å². The number of anilines is 1. The van der Waals surface area contributed by atoms with Gasteiger partial charge in [-0.1, -0.05) is 6.07 Å². The largest absolute Gasteiger partial charge is 0.416 e. The van der Waals surface area contributed by atoms with Gasteiger partial charge in [0.15, 0.2) is 0 Å². The van der Waals surface area contributed by atoms with Crippen LogP contribution in [0.15, 0.2) is 24.3 Å². The highest BCUT2D eigenvalue weighted by Crippen LogP contribution is 2.30. The van der Waals surface area contributed by atoms with Crippen LogP contribution in [0.2, 0.25) is 0 Å². The molecule has 1 aromatic rings. The van der Waals surface area contributed by atoms with Gasteiger partial charge in [0.1, 0.15) is 0 Å². The predicted molar refractivity (Wildman–Crippen MR) is 41.6 cm³/mol. The maximum Gasteiger partial charge on any atom is 0.416 e. The number of hydrogen-bond acceptors (Lipinski definition) is 2. The normalized spacial score (nSPS) is 11.5. The standard InChI is InChI=1S/C8H8F3NO/c1-12(13)7-4-2-3-6(5-7)8(9,10)11/h2-5,13H,1H3. The molecular formula is C8H8F3NO. The van der Waals surface area contributed by atoms with Gasteiger partial charge in [-0.15, -0.1) is 0 Å². The SMILES string of the molecule is CN(O)c1cccc(C(F)(F)F)c1. The lowest BCUT2D eigenvalue weighted by Crippen LogP contribution is -2.12. The first-order chi connectivity index (χ1) is 5.91. The van der Waals surface area contributed by atoms with Crippen molar-refractivity contribution in [1.29, 1.82) is 0 Å². The van der Waals surface area contributed by atoms with Gasteiger partial charge < -0.3 is 0 Å². The van der Waals surface area contributed by atoms with E-state index in [2.05, 4.69) is 0 Å². The molecule has 0 aliphatic heterocycles. The van der Waals surface area contributed by atoms with Crippen molar-refractivity contribution in [3.63, 3.8) is 0 Å². The van der Waals surface area contributed by atoms with Crippen molar-refractivity contribution in [2.45, 2.75) is 6.18 Å². The van der Waals surface area contributed by atoms with E-state index in [0.29, 0.717) is 5.06 Å². The van der Waals surface area contributed by atoms with Crippen molar-refractivity contribution in [3.05, 3.63) is 29.8 Å². The van der Waals surface area contributed by atoms with Gasteiger partial charge in [0.2, 0.25) is 0 Å². The van der Waals surface area contributed by atoms with Crippen LogP contribution in [-0.4, -0.2) is 12.3 Å². The third-order valence-electron chi connectivity index (χ3n) is 1.55. The summed E-state index contributed by atoms with van der Waals surface area (Å²) in [7, 11) is 1.26. The summed E-state index contributed by atoms with van der Waals surface area (Å²) < 4.78 is 36.4. The Kier molecular flexibility index (Phi) is 2.47. The molecule has 2 nitrogen and oxygen atoms in total. The van der Waals surface area contributed by atoms with E-state index >= 15 is 0 Å². The molecule has 0 radical (unpaired) electrons. The zero-order valence-corrected chi connectivity index (χ0v) is 6.84. The van der Waals surface area contributed by atoms with Crippen LogP contribution in [0, 0.1) is 0 Å². The van der Waals surface area contributed by atoms with E-state index in [0.717, 1.165) is 12.1 Å². The highest BCUT2D eigenvalue weighted by atomic mass is 19.4. The zero-order chi connectivity index (χ0) is 10.1. The Morgan fingerprint density at radius 3 is 2.38 bits per heavy atom. The van der Waals surface area contributed by atoms with Crippen LogP contribution in [0.5, 0.6) is 0 Å². The molecule has 0 saturated carbocycles. The lowest BCUT2D eigenvalue weighted by molar-refractivity contribution is -0.137. The van der Waals surface area contributed by atoms with Crippen LogP contribution >= 0.6 is 0 Å². The molecule has 1 rings (SSSR count). The van der Waals surface area contributed by atoms with Gasteiger partial charge in [-0.05, 0) is 18.2 Å². The first-order valence-corrected chi connectivity index (χ1v) is 3.51. The Hall–Kier alpha value is -1.23. The molecule has 1 aromatic carbocycles. The summed E-state index contributed by atoms with van der Waals surface area (Å²) in [4.78, 5) is 0. The van der Waals surface area contributed by atoms with Crippen LogP contribution in [0.1, 0.15) is 5.56 Å². The van der Waals surface area contributed by atoms with Crippen LogP contribution < -0.4 is 5.06 Å². The minimum atomic E-state index is -4.37. The smallest absolute Gasteiger partial charge is 0.289 e. The lowest BCUT2D eigenvalue weighted by Gasteiger charge is -2.12. The van der Waals surface area contributed by atoms with Crippen molar-refractivity contribution in [2.24, 2.45) is 0 Å². The second-order valence-corrected chi connectivity index (χ2v) is 2.57. The van der Waals surface area contributed by atoms with E-state index in [4.69, 9.17) is 5.21 Å². The van der Waals surface area contributed by atoms with Gasteiger partial charge >= 0.3 is 6.18 Å². The number of alkyl halides is 3. The number of hydroxylamine groups is 1. The molecule has 0 aromatic heterocycles. The molecular weight excluding hydrogens is 183 g/mol. The average molecular weight is 191 g/mol. The fourth-order valence-electron chi connectivity index (χ4n) is 0.884. The van der Waals surface area contributed by atoms with Crippen molar-refractivity contribution in [3.8, 4) is 0 Å². The topological polar surface area (TPSA) is 23.5 Å². The minimum absolute atomic E-state index is 0.106. The molecule has 5 heteroatoms. The number of nitrogens with zero attached hydrogens (tertiary/aromatic N) is 1. The molecule has 0 aliphatic rings. The summed E-state index contributed by atoms with van der Waals surface area (Å²) in [6.07, 6.45) is -4.37. The molecule has 0 heterocycles. The van der Waals surface area contributed by atoms with Gasteiger partial charge in [-0.25, -0.2) is 0 Å². The highest BCUT2D eigenvalue weighted by molar-refractivity contribution is 5.46. The molecule has 72 valence electrons. The number of benzene rings is 1. The second kappa shape index (κ2) is 3.26. The molecule has 0 bridgehead atoms. The molecule has 0 atom stereocenters. The van der Waals surface area contributed by atoms with Crippen LogP contribution in [0.25, 0.3) is 0 Å². The van der Waals surface area contributed by atoms with E-state index in [1.54, 1.807) is 0 Å². The Labute approximate surface area is 73.2 Å². The van der Waals surface area contributed by atoms with Gasteiger partial charge in [-0.3, -0.25) is 10.3 Å². The van der Waals surface area contributed by atoms with Crippen molar-refractivity contribution in [2.75, 3.05) is 12.1 Å². The summed E-state index contributed by atoms with van der Waals surface area (Å²) in [5.74, 6) is 0. The number of halogens is 3. The fourth-order valence-corrected chi connectivity index (χ4v) is 0.884. The van der Waals surface area contributed by atoms with Gasteiger partial charge in [0, 0.05) is 7.05 Å². The van der Waals surface area contributed by atoms with E-state index in [1.807, 2.05) is 0 Å². The average Bonchev–Trinajstić information content (AvgIpc) is 2.03. The van der Waals surface area contributed by atoms with Crippen molar-refractivity contribution in [1.82, 2.24) is 0 Å². The summed E-state index contributed by atoms with van der Waals surface area (Å²) in [6, 6.07) is 4.45. The molecule has 0 amide bonds. The van der Waals surface area contributed by atoms with Gasteiger partial charge in [0.05, 0.1) is 11.3 Å². The lowest BCUT2D eigenvalue weighted by atomic mass is 10.2. The zero-order valence-electron chi connectivity index (χ0n) is 6.84. The Morgan fingerprint density at radius 2 is 1.92 bits per heavy atom. The van der Waals surface area contributed by atoms with Gasteiger partial charge in [-0.2, -0.15) is 13.2 Å². The summed E-state index contributed by atoms with van der Waals surface area (Å²) in [6.45, 7) is 0. The molecule has 0 unspecified atom stereocenters. The second-order valence-electron chi connectivity index (χ2n) is 2.57. The van der Waals surface area contributed by atoms with Gasteiger partial charge in [0.25, 0.3) is 0 Å². The molecule has 0 saturated heterocycles. The summed E-state index contributed by atoms with van der Waals surface area (Å²) in [5.41, 5.74) is -0.666. The highest BCUT2D eigenvalue weighted by Gasteiger charge is 2.30. The fraction of sp³-hybridized carbons (Fsp3) is 0.250. The van der Waals surface area contributed by atoms with Crippen LogP contribution in [-0.2, 0) is 6.18 Å². The number of rotatable bonds is 1. The Balaban J connectivity index is 3.06. The van der Waals surface area contributed by atoms with Crippen LogP contribution in [0.4, 0.5) is 18.9 Å². The minimum Gasteiger partial charge on any atom is -0.289 e. The summed E-state index contributed by atoms with van der Waals surface area (Å²) in [5, 5.41) is 9.51. The maximum atomic E-state index is 12.1. The monoisotopic (exact) mass is 191 g/mol. The third kappa shape index (κ3) is 2.35. The van der Waals surface area contributed by atoms with E-state index in [-0.39, 0.29) is 5.69 Å². The Bertz CT molecular complexity index is 296. The predicted octanol–water partition coefficient (Wildman–Crippen LogP) is 2.53. The summed E-state index contributed by atoms with van der Waals surface area (Å²) >= 11 is 0. The molecule has 1 N–H and O–H groups in total. The third-order valence-corrected chi connectivity index (χ3v) is 1.55. The first kappa shape index (κ1) is 9.85. The Morgan fingerprint density at radius 1 is 1.31 bits per heavy atom. The van der Waals surface area contributed by atoms with E-state index in [1.165, 1.54) is 19.2 Å². The molecule has 0 fully saturated rings. The maximum absolute atomic E-state index is 12.1. The van der Waals surface area contributed by atoms with E-state index in [9.17, 15) is 13.2 Å². The van der Waals surface area contributed by atoms with Crippen molar-refractivity contribution >= 4 is 5.69 Å². The number of hydrogen-bond donors (Lipinski definition) is 1. The molecule has 13 heavy (non-hydrogen) atoms. The molecule has 0 aliphatic carbocycles. The van der Waals surface area contributed by atoms with E-state index < -0.39 is 11.7 Å². The quantitative estimate of drug-likeness (QED) is 0.689. The first-order valence-electron chi connectivity index (χ1n) is 3.51. The van der Waals surface area contributed by atoms with Crippen molar-refractivity contribution < 1.29 is 18.4 Å². The molecule has 0 spiro atoms.